The zero-order chi connectivity index (χ0) is 13.3. The molecule has 17 heavy (non-hydrogen) atoms. The standard InChI is InChI=1S/C12H23NO4/c1-4-13(9-10(3)12(15)16)11(14)7-6-8-17-5-2/h10H,4-9H2,1-3H3,(H,15,16). The highest BCUT2D eigenvalue weighted by molar-refractivity contribution is 5.77. The van der Waals surface area contributed by atoms with Crippen LogP contribution in [0.1, 0.15) is 33.6 Å². The van der Waals surface area contributed by atoms with E-state index in [9.17, 15) is 9.59 Å². The van der Waals surface area contributed by atoms with Crippen LogP contribution in [0.4, 0.5) is 0 Å². The highest BCUT2D eigenvalue weighted by Gasteiger charge is 2.18. The van der Waals surface area contributed by atoms with Gasteiger partial charge in [0.05, 0.1) is 5.92 Å². The molecule has 100 valence electrons. The Morgan fingerprint density at radius 1 is 1.35 bits per heavy atom. The molecule has 0 aliphatic rings. The highest BCUT2D eigenvalue weighted by atomic mass is 16.5. The topological polar surface area (TPSA) is 66.8 Å². The Hall–Kier alpha value is -1.10. The van der Waals surface area contributed by atoms with Gasteiger partial charge in [0.2, 0.25) is 5.91 Å². The Bertz CT molecular complexity index is 243. The molecule has 1 amide bonds. The summed E-state index contributed by atoms with van der Waals surface area (Å²) in [6.45, 7) is 7.43. The van der Waals surface area contributed by atoms with Crippen LogP contribution in [0.5, 0.6) is 0 Å². The molecule has 0 bridgehead atoms. The number of ether oxygens (including phenoxy) is 1. The van der Waals surface area contributed by atoms with Gasteiger partial charge in [0.15, 0.2) is 0 Å². The molecule has 0 saturated carbocycles. The monoisotopic (exact) mass is 245 g/mol. The van der Waals surface area contributed by atoms with E-state index in [0.717, 1.165) is 0 Å². The number of hydrogen-bond acceptors (Lipinski definition) is 3. The minimum atomic E-state index is -0.870. The Balaban J connectivity index is 3.99. The summed E-state index contributed by atoms with van der Waals surface area (Å²) < 4.78 is 5.15. The van der Waals surface area contributed by atoms with Crippen LogP contribution < -0.4 is 0 Å². The third-order valence-corrected chi connectivity index (χ3v) is 2.53. The first-order valence-electron chi connectivity index (χ1n) is 6.11. The average molecular weight is 245 g/mol. The molecule has 0 aliphatic carbocycles. The van der Waals surface area contributed by atoms with E-state index < -0.39 is 11.9 Å². The molecule has 0 radical (unpaired) electrons. The van der Waals surface area contributed by atoms with E-state index in [-0.39, 0.29) is 12.5 Å². The van der Waals surface area contributed by atoms with Gasteiger partial charge in [-0.3, -0.25) is 9.59 Å². The Kier molecular flexibility index (Phi) is 8.40. The zero-order valence-electron chi connectivity index (χ0n) is 10.9. The average Bonchev–Trinajstić information content (AvgIpc) is 2.30. The highest BCUT2D eigenvalue weighted by Crippen LogP contribution is 2.04. The molecule has 5 heteroatoms. The fraction of sp³-hybridized carbons (Fsp3) is 0.833. The maximum Gasteiger partial charge on any atom is 0.308 e. The smallest absolute Gasteiger partial charge is 0.308 e. The van der Waals surface area contributed by atoms with Crippen molar-refractivity contribution in [3.8, 4) is 0 Å². The Morgan fingerprint density at radius 3 is 2.47 bits per heavy atom. The summed E-state index contributed by atoms with van der Waals surface area (Å²) in [7, 11) is 0. The van der Waals surface area contributed by atoms with E-state index >= 15 is 0 Å². The van der Waals surface area contributed by atoms with Gasteiger partial charge < -0.3 is 14.7 Å². The van der Waals surface area contributed by atoms with E-state index in [0.29, 0.717) is 32.6 Å². The van der Waals surface area contributed by atoms with Crippen LogP contribution in [0, 0.1) is 5.92 Å². The molecule has 0 rings (SSSR count). The second kappa shape index (κ2) is 8.98. The van der Waals surface area contributed by atoms with Crippen molar-refractivity contribution in [2.75, 3.05) is 26.3 Å². The quantitative estimate of drug-likeness (QED) is 0.623. The van der Waals surface area contributed by atoms with Crippen molar-refractivity contribution in [1.82, 2.24) is 4.90 Å². The van der Waals surface area contributed by atoms with Crippen molar-refractivity contribution in [3.05, 3.63) is 0 Å². The van der Waals surface area contributed by atoms with Gasteiger partial charge in [-0.05, 0) is 20.3 Å². The van der Waals surface area contributed by atoms with Crippen LogP contribution >= 0.6 is 0 Å². The second-order valence-electron chi connectivity index (χ2n) is 3.97. The second-order valence-corrected chi connectivity index (χ2v) is 3.97. The predicted molar refractivity (Wildman–Crippen MR) is 64.8 cm³/mol. The maximum atomic E-state index is 11.8. The number of nitrogens with zero attached hydrogens (tertiary/aromatic N) is 1. The lowest BCUT2D eigenvalue weighted by atomic mass is 10.1. The number of carbonyl (C=O) groups is 2. The fourth-order valence-electron chi connectivity index (χ4n) is 1.44. The van der Waals surface area contributed by atoms with Gasteiger partial charge in [0.1, 0.15) is 0 Å². The third-order valence-electron chi connectivity index (χ3n) is 2.53. The molecule has 0 aromatic heterocycles. The molecule has 0 aliphatic heterocycles. The van der Waals surface area contributed by atoms with Crippen molar-refractivity contribution in [2.24, 2.45) is 5.92 Å². The van der Waals surface area contributed by atoms with Crippen molar-refractivity contribution in [3.63, 3.8) is 0 Å². The van der Waals surface area contributed by atoms with Crippen LogP contribution in [0.2, 0.25) is 0 Å². The largest absolute Gasteiger partial charge is 0.481 e. The molecule has 0 spiro atoms. The molecule has 1 unspecified atom stereocenters. The molecule has 0 fully saturated rings. The minimum absolute atomic E-state index is 0.000281. The van der Waals surface area contributed by atoms with E-state index in [1.165, 1.54) is 0 Å². The fourth-order valence-corrected chi connectivity index (χ4v) is 1.44. The van der Waals surface area contributed by atoms with Gasteiger partial charge in [0.25, 0.3) is 0 Å². The van der Waals surface area contributed by atoms with E-state index in [1.807, 2.05) is 13.8 Å². The SMILES string of the molecule is CCOCCCC(=O)N(CC)CC(C)C(=O)O. The Labute approximate surface area is 103 Å². The Morgan fingerprint density at radius 2 is 2.00 bits per heavy atom. The number of hydrogen-bond donors (Lipinski definition) is 1. The van der Waals surface area contributed by atoms with Crippen molar-refractivity contribution < 1.29 is 19.4 Å². The number of carboxylic acid groups (broad SMARTS) is 1. The number of aliphatic carboxylic acids is 1. The number of carbonyl (C=O) groups excluding carboxylic acids is 1. The van der Waals surface area contributed by atoms with Crippen molar-refractivity contribution in [1.29, 1.82) is 0 Å². The summed E-state index contributed by atoms with van der Waals surface area (Å²) in [6, 6.07) is 0. The van der Waals surface area contributed by atoms with Gasteiger partial charge >= 0.3 is 5.97 Å². The third kappa shape index (κ3) is 6.94. The van der Waals surface area contributed by atoms with E-state index in [2.05, 4.69) is 0 Å². The van der Waals surface area contributed by atoms with Crippen LogP contribution in [0.15, 0.2) is 0 Å². The number of amides is 1. The number of rotatable bonds is 9. The number of carboxylic acids is 1. The van der Waals surface area contributed by atoms with Crippen molar-refractivity contribution in [2.45, 2.75) is 33.6 Å². The van der Waals surface area contributed by atoms with E-state index in [1.54, 1.807) is 11.8 Å². The molecule has 1 N–H and O–H groups in total. The zero-order valence-corrected chi connectivity index (χ0v) is 10.9. The van der Waals surface area contributed by atoms with Crippen molar-refractivity contribution >= 4 is 11.9 Å². The molecule has 0 saturated heterocycles. The summed E-state index contributed by atoms with van der Waals surface area (Å²) in [4.78, 5) is 24.1. The first-order chi connectivity index (χ1) is 8.02. The lowest BCUT2D eigenvalue weighted by Gasteiger charge is -2.22. The van der Waals surface area contributed by atoms with Crippen LogP contribution in [0.25, 0.3) is 0 Å². The van der Waals surface area contributed by atoms with Gasteiger partial charge in [0, 0.05) is 32.7 Å². The molecule has 1 atom stereocenters. The van der Waals surface area contributed by atoms with E-state index in [4.69, 9.17) is 9.84 Å². The lowest BCUT2D eigenvalue weighted by molar-refractivity contribution is -0.143. The van der Waals surface area contributed by atoms with Gasteiger partial charge in [-0.1, -0.05) is 6.92 Å². The summed E-state index contributed by atoms with van der Waals surface area (Å²) >= 11 is 0. The predicted octanol–water partition coefficient (Wildman–Crippen LogP) is 1.37. The molecular weight excluding hydrogens is 222 g/mol. The molecule has 0 aromatic rings. The lowest BCUT2D eigenvalue weighted by Crippen LogP contribution is -2.36. The van der Waals surface area contributed by atoms with Crippen LogP contribution in [-0.4, -0.2) is 48.2 Å². The van der Waals surface area contributed by atoms with Gasteiger partial charge in [-0.15, -0.1) is 0 Å². The normalized spacial score (nSPS) is 12.2. The van der Waals surface area contributed by atoms with Gasteiger partial charge in [-0.2, -0.15) is 0 Å². The van der Waals surface area contributed by atoms with Crippen LogP contribution in [-0.2, 0) is 14.3 Å². The van der Waals surface area contributed by atoms with Gasteiger partial charge in [-0.25, -0.2) is 0 Å². The summed E-state index contributed by atoms with van der Waals surface area (Å²) in [6.07, 6.45) is 1.10. The minimum Gasteiger partial charge on any atom is -0.481 e. The first-order valence-corrected chi connectivity index (χ1v) is 6.11. The molecule has 0 heterocycles. The molecule has 0 aromatic carbocycles. The summed E-state index contributed by atoms with van der Waals surface area (Å²) in [5.41, 5.74) is 0. The maximum absolute atomic E-state index is 11.8. The first kappa shape index (κ1) is 15.9. The molecule has 5 nitrogen and oxygen atoms in total. The summed E-state index contributed by atoms with van der Waals surface area (Å²) in [5.74, 6) is -1.39. The summed E-state index contributed by atoms with van der Waals surface area (Å²) in [5, 5.41) is 8.80. The van der Waals surface area contributed by atoms with Crippen LogP contribution in [0.3, 0.4) is 0 Å². The molecular formula is C12H23NO4.